The fourth-order valence-corrected chi connectivity index (χ4v) is 7.18. The van der Waals surface area contributed by atoms with Crippen LogP contribution in [-0.4, -0.2) is 159 Å². The molecule has 3 aliphatic heterocycles. The fourth-order valence-electron chi connectivity index (χ4n) is 6.03. The van der Waals surface area contributed by atoms with E-state index in [4.69, 9.17) is 34.2 Å². The van der Waals surface area contributed by atoms with Gasteiger partial charge in [-0.05, 0) is 26.3 Å². The molecule has 11 atom stereocenters. The highest BCUT2D eigenvalue weighted by Gasteiger charge is 2.41. The molecule has 4 unspecified atom stereocenters. The molecule has 1 aromatic rings. The molecule has 3 fully saturated rings. The number of thioether (sulfide) groups is 1. The lowest BCUT2D eigenvalue weighted by atomic mass is 10.0. The molecule has 19 nitrogen and oxygen atoms in total. The molecule has 0 saturated carbocycles. The number of nitrogens with one attached hydrogen (secondary N) is 2. The van der Waals surface area contributed by atoms with Gasteiger partial charge in [-0.15, -0.1) is 0 Å². The highest BCUT2D eigenvalue weighted by Crippen LogP contribution is 2.31. The molecule has 3 saturated heterocycles. The van der Waals surface area contributed by atoms with Crippen LogP contribution in [0.2, 0.25) is 0 Å². The number of esters is 2. The Labute approximate surface area is 321 Å². The number of nitrogens with zero attached hydrogens (tertiary/aromatic N) is 2. The molecule has 0 aliphatic carbocycles. The number of amides is 1. The quantitative estimate of drug-likeness (QED) is 0.0767. The van der Waals surface area contributed by atoms with Crippen molar-refractivity contribution in [2.24, 2.45) is 0 Å². The Balaban J connectivity index is 1.18. The fraction of sp³-hybridized carbons (Fsp3) is 0.794. The molecule has 0 radical (unpaired) electrons. The van der Waals surface area contributed by atoms with E-state index >= 15 is 0 Å². The number of nitrogens with two attached hydrogens (primary N) is 1. The van der Waals surface area contributed by atoms with Gasteiger partial charge in [0.15, 0.2) is 19.1 Å². The number of halogens is 1. The van der Waals surface area contributed by atoms with Crippen molar-refractivity contribution < 1.29 is 67.6 Å². The second-order valence-corrected chi connectivity index (χ2v) is 15.4. The third kappa shape index (κ3) is 13.6. The molecule has 3 aliphatic rings. The average molecular weight is 808 g/mol. The van der Waals surface area contributed by atoms with Crippen LogP contribution in [-0.2, 0) is 42.8 Å². The number of anilines is 1. The summed E-state index contributed by atoms with van der Waals surface area (Å²) in [5.74, 6) is -1.41. The molecular formula is C34H54FN5O14S. The first-order valence-corrected chi connectivity index (χ1v) is 19.4. The second kappa shape index (κ2) is 21.0. The summed E-state index contributed by atoms with van der Waals surface area (Å²) in [5, 5.41) is 46.3. The van der Waals surface area contributed by atoms with Crippen molar-refractivity contribution in [1.82, 2.24) is 20.2 Å². The Morgan fingerprint density at radius 3 is 2.60 bits per heavy atom. The number of carbonyl (C=O) groups is 3. The van der Waals surface area contributed by atoms with Crippen LogP contribution >= 0.6 is 11.8 Å². The maximum Gasteiger partial charge on any atom is 0.351 e. The van der Waals surface area contributed by atoms with E-state index in [9.17, 15) is 44.0 Å². The number of nitrogen functional groups attached to an aromatic ring is 1. The van der Waals surface area contributed by atoms with Gasteiger partial charge in [0.2, 0.25) is 5.91 Å². The molecule has 4 rings (SSSR count). The Kier molecular flexibility index (Phi) is 17.0. The van der Waals surface area contributed by atoms with Crippen LogP contribution in [0.15, 0.2) is 17.1 Å². The van der Waals surface area contributed by atoms with E-state index in [0.717, 1.165) is 4.57 Å². The maximum atomic E-state index is 14.6. The smallest absolute Gasteiger partial charge is 0.351 e. The second-order valence-electron chi connectivity index (χ2n) is 14.3. The van der Waals surface area contributed by atoms with Crippen molar-refractivity contribution in [3.8, 4) is 0 Å². The van der Waals surface area contributed by atoms with Crippen LogP contribution in [0.4, 0.5) is 10.2 Å². The number of hydrogen-bond donors (Lipinski definition) is 7. The zero-order valence-electron chi connectivity index (χ0n) is 31.1. The Bertz CT molecular complexity index is 1480. The maximum absolute atomic E-state index is 14.6. The van der Waals surface area contributed by atoms with Crippen molar-refractivity contribution >= 4 is 35.4 Å². The van der Waals surface area contributed by atoms with Crippen LogP contribution in [0.1, 0.15) is 59.1 Å². The van der Waals surface area contributed by atoms with E-state index in [1.54, 1.807) is 0 Å². The molecule has 0 aromatic carbocycles. The first-order valence-electron chi connectivity index (χ1n) is 18.2. The van der Waals surface area contributed by atoms with E-state index in [1.807, 2.05) is 20.8 Å². The summed E-state index contributed by atoms with van der Waals surface area (Å²) in [6, 6.07) is 0.638. The van der Waals surface area contributed by atoms with Gasteiger partial charge in [-0.25, -0.2) is 14.0 Å². The Hall–Kier alpha value is -2.99. The summed E-state index contributed by atoms with van der Waals surface area (Å²) < 4.78 is 48.5. The highest BCUT2D eigenvalue weighted by atomic mass is 32.2. The Morgan fingerprint density at radius 2 is 1.89 bits per heavy atom. The molecule has 0 bridgehead atoms. The van der Waals surface area contributed by atoms with E-state index in [0.29, 0.717) is 17.9 Å². The third-order valence-electron chi connectivity index (χ3n) is 9.44. The van der Waals surface area contributed by atoms with Gasteiger partial charge in [0.1, 0.15) is 30.8 Å². The molecule has 8 N–H and O–H groups in total. The monoisotopic (exact) mass is 807 g/mol. The zero-order chi connectivity index (χ0) is 40.3. The van der Waals surface area contributed by atoms with Crippen LogP contribution in [0, 0.1) is 0 Å². The predicted molar refractivity (Wildman–Crippen MR) is 192 cm³/mol. The largest absolute Gasteiger partial charge is 0.460 e. The van der Waals surface area contributed by atoms with Gasteiger partial charge >= 0.3 is 17.6 Å². The zero-order valence-corrected chi connectivity index (χ0v) is 31.9. The van der Waals surface area contributed by atoms with E-state index in [1.165, 1.54) is 24.0 Å². The van der Waals surface area contributed by atoms with Gasteiger partial charge < -0.3 is 65.2 Å². The van der Waals surface area contributed by atoms with Gasteiger partial charge in [-0.2, -0.15) is 16.7 Å². The van der Waals surface area contributed by atoms with Gasteiger partial charge in [-0.3, -0.25) is 14.2 Å². The van der Waals surface area contributed by atoms with Crippen LogP contribution < -0.4 is 22.1 Å². The summed E-state index contributed by atoms with van der Waals surface area (Å²) >= 11 is 1.40. The molecule has 1 aromatic heterocycles. The van der Waals surface area contributed by atoms with Crippen molar-refractivity contribution in [2.75, 3.05) is 50.2 Å². The number of alkyl halides is 1. The van der Waals surface area contributed by atoms with Crippen LogP contribution in [0.25, 0.3) is 0 Å². The molecule has 21 heteroatoms. The van der Waals surface area contributed by atoms with Crippen LogP contribution in [0.5, 0.6) is 0 Å². The lowest BCUT2D eigenvalue weighted by Crippen LogP contribution is -2.55. The lowest BCUT2D eigenvalue weighted by molar-refractivity contribution is -0.299. The minimum Gasteiger partial charge on any atom is -0.460 e. The summed E-state index contributed by atoms with van der Waals surface area (Å²) in [5.41, 5.74) is 4.27. The molecule has 312 valence electrons. The van der Waals surface area contributed by atoms with Crippen molar-refractivity contribution in [3.05, 3.63) is 22.7 Å². The number of aromatic nitrogens is 2. The molecule has 0 spiro atoms. The standard InChI is InChI=1S/C34H54FN5O14S/c1-4-34(2,3)39-21(16-55-17-26-24(9-18(42)13-49-26)53-32-23(44)11-22(43)25(12-41)54-32)30(47)37-7-5-28(45)51-15-29(46)50-14-19-10-20(35)31(52-19)40-8-6-27(36)38-33(40)48/h6,8,18-26,31-32,39,41-44H,4-5,7,9-17H2,1-3H3,(H,37,47)(H2,36,38,48)/t18?,19-,20-,21+,22-,23?,24-,25?,26?,31+,32+/m0/s1. The van der Waals surface area contributed by atoms with Gasteiger partial charge in [0, 0.05) is 49.0 Å². The van der Waals surface area contributed by atoms with Crippen molar-refractivity contribution in [2.45, 2.75) is 126 Å². The van der Waals surface area contributed by atoms with E-state index in [-0.39, 0.29) is 57.2 Å². The summed E-state index contributed by atoms with van der Waals surface area (Å²) in [4.78, 5) is 53.4. The lowest BCUT2D eigenvalue weighted by Gasteiger charge is -2.41. The molecule has 55 heavy (non-hydrogen) atoms. The van der Waals surface area contributed by atoms with Crippen molar-refractivity contribution in [3.63, 3.8) is 0 Å². The predicted octanol–water partition coefficient (Wildman–Crippen LogP) is -1.71. The van der Waals surface area contributed by atoms with Gasteiger partial charge in [-0.1, -0.05) is 6.92 Å². The molecule has 1 amide bonds. The first-order chi connectivity index (χ1) is 26.1. The molecule has 4 heterocycles. The average Bonchev–Trinajstić information content (AvgIpc) is 3.50. The molecular weight excluding hydrogens is 753 g/mol. The minimum absolute atomic E-state index is 0.0216. The van der Waals surface area contributed by atoms with E-state index in [2.05, 4.69) is 15.6 Å². The van der Waals surface area contributed by atoms with Gasteiger partial charge in [0.25, 0.3) is 0 Å². The summed E-state index contributed by atoms with van der Waals surface area (Å²) in [7, 11) is 0. The van der Waals surface area contributed by atoms with Crippen LogP contribution in [0.3, 0.4) is 0 Å². The number of carbonyl (C=O) groups excluding carboxylic acids is 3. The number of aliphatic hydroxyl groups is 4. The SMILES string of the molecule is CCC(C)(C)N[C@H](CSCC1OCC(O)C[C@@H]1O[C@@H]1OC(CO)[C@@H](O)CC1O)C(=O)NCCC(=O)OCC(=O)OC[C@@H]1C[C@H](F)[C@H](n2ccc(N)nc2=O)O1. The number of hydrogen-bond acceptors (Lipinski definition) is 18. The number of aliphatic hydroxyl groups excluding tert-OH is 4. The normalized spacial score (nSPS) is 30.4. The van der Waals surface area contributed by atoms with Crippen molar-refractivity contribution in [1.29, 1.82) is 0 Å². The highest BCUT2D eigenvalue weighted by molar-refractivity contribution is 7.99. The summed E-state index contributed by atoms with van der Waals surface area (Å²) in [6.45, 7) is 4.34. The third-order valence-corrected chi connectivity index (χ3v) is 10.6. The Morgan fingerprint density at radius 1 is 1.13 bits per heavy atom. The minimum atomic E-state index is -1.56. The number of ether oxygens (including phenoxy) is 6. The number of rotatable bonds is 19. The topological polar surface area (TPSA) is 272 Å². The van der Waals surface area contributed by atoms with Gasteiger partial charge in [0.05, 0.1) is 56.2 Å². The first kappa shape index (κ1) is 44.7. The van der Waals surface area contributed by atoms with E-state index < -0.39 is 104 Å². The summed E-state index contributed by atoms with van der Waals surface area (Å²) in [6.07, 6.45) is -8.26.